The highest BCUT2D eigenvalue weighted by Gasteiger charge is 2.15. The number of carbonyl (C=O) groups excluding carboxylic acids is 2. The zero-order chi connectivity index (χ0) is 23.1. The maximum atomic E-state index is 12.3. The Kier molecular flexibility index (Phi) is 8.07. The molecule has 0 aliphatic heterocycles. The number of furan rings is 1. The monoisotopic (exact) mass is 456 g/mol. The lowest BCUT2D eigenvalue weighted by molar-refractivity contribution is -0.119. The highest BCUT2D eigenvalue weighted by molar-refractivity contribution is 7.99. The first-order chi connectivity index (χ1) is 15.4. The zero-order valence-corrected chi connectivity index (χ0v) is 19.5. The first-order valence-corrected chi connectivity index (χ1v) is 11.4. The van der Waals surface area contributed by atoms with Crippen molar-refractivity contribution < 1.29 is 14.0 Å². The molecule has 3 rings (SSSR count). The van der Waals surface area contributed by atoms with E-state index in [2.05, 4.69) is 39.8 Å². The van der Waals surface area contributed by atoms with Crippen molar-refractivity contribution in [1.29, 1.82) is 0 Å². The molecule has 0 spiro atoms. The molecule has 9 nitrogen and oxygen atoms in total. The van der Waals surface area contributed by atoms with E-state index in [1.165, 1.54) is 17.3 Å². The molecule has 0 bridgehead atoms. The minimum Gasteiger partial charge on any atom is -0.454 e. The number of nitrogens with one attached hydrogen (secondary N) is 2. The van der Waals surface area contributed by atoms with E-state index in [1.807, 2.05) is 36.6 Å². The molecule has 1 aromatic carbocycles. The van der Waals surface area contributed by atoms with Gasteiger partial charge in [0.1, 0.15) is 12.1 Å². The van der Waals surface area contributed by atoms with Gasteiger partial charge in [-0.3, -0.25) is 29.9 Å². The van der Waals surface area contributed by atoms with E-state index in [-0.39, 0.29) is 17.4 Å². The van der Waals surface area contributed by atoms with Crippen molar-refractivity contribution in [2.45, 2.75) is 39.4 Å². The summed E-state index contributed by atoms with van der Waals surface area (Å²) in [6.45, 7) is 10.6. The number of amides is 2. The summed E-state index contributed by atoms with van der Waals surface area (Å²) in [5, 5.41) is 8.63. The van der Waals surface area contributed by atoms with Crippen LogP contribution in [-0.4, -0.2) is 50.3 Å². The molecule has 2 heterocycles. The Morgan fingerprint density at radius 3 is 2.59 bits per heavy atom. The second kappa shape index (κ2) is 11.0. The van der Waals surface area contributed by atoms with Gasteiger partial charge in [0.05, 0.1) is 12.3 Å². The Morgan fingerprint density at radius 1 is 1.09 bits per heavy atom. The van der Waals surface area contributed by atoms with Crippen molar-refractivity contribution in [2.75, 3.05) is 18.8 Å². The van der Waals surface area contributed by atoms with Gasteiger partial charge in [-0.25, -0.2) is 0 Å². The molecule has 0 unspecified atom stereocenters. The van der Waals surface area contributed by atoms with Crippen LogP contribution in [0.1, 0.15) is 41.3 Å². The molecule has 2 N–H and O–H groups in total. The Balaban J connectivity index is 1.50. The van der Waals surface area contributed by atoms with Crippen LogP contribution in [-0.2, 0) is 11.3 Å². The molecule has 0 radical (unpaired) electrons. The third-order valence-corrected chi connectivity index (χ3v) is 6.04. The predicted octanol–water partition coefficient (Wildman–Crippen LogP) is 2.87. The third-order valence-electron chi connectivity index (χ3n) is 5.09. The number of aromatic nitrogens is 3. The molecule has 32 heavy (non-hydrogen) atoms. The largest absolute Gasteiger partial charge is 0.454 e. The van der Waals surface area contributed by atoms with Gasteiger partial charge in [0.15, 0.2) is 10.9 Å². The Bertz CT molecular complexity index is 1070. The maximum absolute atomic E-state index is 12.3. The van der Waals surface area contributed by atoms with E-state index >= 15 is 0 Å². The number of nitrogens with zero attached hydrogens (tertiary/aromatic N) is 4. The van der Waals surface area contributed by atoms with Crippen molar-refractivity contribution in [1.82, 2.24) is 30.5 Å². The van der Waals surface area contributed by atoms with Crippen LogP contribution in [0.3, 0.4) is 0 Å². The first-order valence-electron chi connectivity index (χ1n) is 10.4. The van der Waals surface area contributed by atoms with Crippen molar-refractivity contribution in [2.24, 2.45) is 0 Å². The van der Waals surface area contributed by atoms with E-state index in [9.17, 15) is 9.59 Å². The number of aryl methyl sites for hydroxylation is 2. The molecule has 2 amide bonds. The normalized spacial score (nSPS) is 11.0. The lowest BCUT2D eigenvalue weighted by Crippen LogP contribution is -2.42. The molecular formula is C22H28N6O3S. The van der Waals surface area contributed by atoms with E-state index < -0.39 is 5.91 Å². The van der Waals surface area contributed by atoms with Gasteiger partial charge in [0.2, 0.25) is 5.91 Å². The quantitative estimate of drug-likeness (QED) is 0.377. The predicted molar refractivity (Wildman–Crippen MR) is 122 cm³/mol. The topological polar surface area (TPSA) is 105 Å². The van der Waals surface area contributed by atoms with Gasteiger partial charge in [-0.15, -0.1) is 10.2 Å². The van der Waals surface area contributed by atoms with Crippen LogP contribution in [0.25, 0.3) is 5.69 Å². The summed E-state index contributed by atoms with van der Waals surface area (Å²) in [6.07, 6.45) is 1.61. The van der Waals surface area contributed by atoms with Crippen LogP contribution in [0.2, 0.25) is 0 Å². The Morgan fingerprint density at radius 2 is 1.88 bits per heavy atom. The number of hydrogen-bond acceptors (Lipinski definition) is 7. The molecule has 0 aliphatic carbocycles. The number of hydrazine groups is 1. The molecule has 0 aliphatic rings. The summed E-state index contributed by atoms with van der Waals surface area (Å²) in [6, 6.07) is 9.42. The van der Waals surface area contributed by atoms with Gasteiger partial charge >= 0.3 is 5.91 Å². The summed E-state index contributed by atoms with van der Waals surface area (Å²) in [7, 11) is 0. The fourth-order valence-corrected chi connectivity index (χ4v) is 3.71. The second-order valence-electron chi connectivity index (χ2n) is 7.27. The zero-order valence-electron chi connectivity index (χ0n) is 18.7. The fraction of sp³-hybridized carbons (Fsp3) is 0.364. The summed E-state index contributed by atoms with van der Waals surface area (Å²) >= 11 is 1.23. The summed E-state index contributed by atoms with van der Waals surface area (Å²) < 4.78 is 7.40. The summed E-state index contributed by atoms with van der Waals surface area (Å²) in [4.78, 5) is 26.6. The van der Waals surface area contributed by atoms with Crippen LogP contribution in [0.5, 0.6) is 0 Å². The summed E-state index contributed by atoms with van der Waals surface area (Å²) in [5.41, 5.74) is 8.06. The van der Waals surface area contributed by atoms with Gasteiger partial charge in [-0.2, -0.15) is 0 Å². The minimum absolute atomic E-state index is 0.0647. The minimum atomic E-state index is -0.507. The molecule has 170 valence electrons. The van der Waals surface area contributed by atoms with Crippen LogP contribution >= 0.6 is 11.8 Å². The first kappa shape index (κ1) is 23.6. The molecular weight excluding hydrogens is 428 g/mol. The van der Waals surface area contributed by atoms with E-state index in [4.69, 9.17) is 4.42 Å². The van der Waals surface area contributed by atoms with Gasteiger partial charge < -0.3 is 4.42 Å². The van der Waals surface area contributed by atoms with E-state index in [0.717, 1.165) is 24.3 Å². The molecule has 0 atom stereocenters. The number of hydrogen-bond donors (Lipinski definition) is 2. The highest BCUT2D eigenvalue weighted by Crippen LogP contribution is 2.21. The van der Waals surface area contributed by atoms with Gasteiger partial charge in [-0.1, -0.05) is 31.7 Å². The number of thioether (sulfide) groups is 1. The highest BCUT2D eigenvalue weighted by atomic mass is 32.2. The number of carbonyl (C=O) groups is 2. The molecule has 0 fully saturated rings. The third kappa shape index (κ3) is 5.98. The van der Waals surface area contributed by atoms with E-state index in [0.29, 0.717) is 17.5 Å². The van der Waals surface area contributed by atoms with Crippen molar-refractivity contribution in [3.05, 3.63) is 59.3 Å². The molecule has 0 saturated carbocycles. The van der Waals surface area contributed by atoms with Crippen LogP contribution in [0.4, 0.5) is 0 Å². The lowest BCUT2D eigenvalue weighted by atomic mass is 10.1. The molecule has 3 aromatic rings. The van der Waals surface area contributed by atoms with E-state index in [1.54, 1.807) is 18.5 Å². The lowest BCUT2D eigenvalue weighted by Gasteiger charge is -2.15. The SMILES string of the molecule is CCN(CC)Cc1ccc(C(=O)NNC(=O)CSc2nncn2-c2ccc(C)c(C)c2)o1. The average molecular weight is 457 g/mol. The standard InChI is InChI=1S/C22H28N6O3S/c1-5-27(6-2)12-18-9-10-19(31-18)21(30)25-24-20(29)13-32-22-26-23-14-28(22)17-8-7-15(3)16(4)11-17/h7-11,14H,5-6,12-13H2,1-4H3,(H,24,29)(H,25,30). The smallest absolute Gasteiger partial charge is 0.305 e. The van der Waals surface area contributed by atoms with Crippen LogP contribution in [0, 0.1) is 13.8 Å². The molecule has 0 saturated heterocycles. The summed E-state index contributed by atoms with van der Waals surface area (Å²) in [5.74, 6) is 0.0381. The fourth-order valence-electron chi connectivity index (χ4n) is 2.98. The Labute approximate surface area is 191 Å². The van der Waals surface area contributed by atoms with Crippen LogP contribution < -0.4 is 10.9 Å². The van der Waals surface area contributed by atoms with Crippen molar-refractivity contribution >= 4 is 23.6 Å². The van der Waals surface area contributed by atoms with Gasteiger partial charge in [0.25, 0.3) is 0 Å². The average Bonchev–Trinajstić information content (AvgIpc) is 3.46. The maximum Gasteiger partial charge on any atom is 0.305 e. The van der Waals surface area contributed by atoms with Gasteiger partial charge in [0, 0.05) is 5.69 Å². The van der Waals surface area contributed by atoms with Crippen LogP contribution in [0.15, 0.2) is 46.2 Å². The van der Waals surface area contributed by atoms with Crippen molar-refractivity contribution in [3.8, 4) is 5.69 Å². The molecule has 2 aromatic heterocycles. The van der Waals surface area contributed by atoms with Gasteiger partial charge in [-0.05, 0) is 62.3 Å². The van der Waals surface area contributed by atoms with Crippen molar-refractivity contribution in [3.63, 3.8) is 0 Å². The number of benzene rings is 1. The molecule has 10 heteroatoms. The Hall–Kier alpha value is -3.11. The second-order valence-corrected chi connectivity index (χ2v) is 8.21. The number of rotatable bonds is 9.